The molecule has 4 rings (SSSR count). The first-order valence-corrected chi connectivity index (χ1v) is 15.3. The normalized spacial score (nSPS) is 14.8. The minimum atomic E-state index is -0.835. The average molecular weight is 607 g/mol. The second kappa shape index (κ2) is 14.3. The molecule has 0 amide bonds. The summed E-state index contributed by atoms with van der Waals surface area (Å²) < 4.78 is 24.5. The van der Waals surface area contributed by atoms with Crippen LogP contribution in [0.4, 0.5) is 0 Å². The van der Waals surface area contributed by atoms with E-state index < -0.39 is 18.0 Å². The fraction of sp³-hybridized carbons (Fsp3) is 0.394. The van der Waals surface area contributed by atoms with Gasteiger partial charge in [-0.05, 0) is 67.7 Å². The summed E-state index contributed by atoms with van der Waals surface area (Å²) in [5, 5.41) is 0. The van der Waals surface area contributed by atoms with Gasteiger partial charge >= 0.3 is 11.9 Å². The number of aromatic nitrogens is 1. The van der Waals surface area contributed by atoms with Crippen molar-refractivity contribution in [3.05, 3.63) is 84.5 Å². The van der Waals surface area contributed by atoms with Crippen molar-refractivity contribution in [3.63, 3.8) is 0 Å². The van der Waals surface area contributed by atoms with E-state index in [1.807, 2.05) is 51.1 Å². The van der Waals surface area contributed by atoms with E-state index in [1.165, 1.54) is 22.8 Å². The molecule has 0 aliphatic carbocycles. The second-order valence-electron chi connectivity index (χ2n) is 10.6. The van der Waals surface area contributed by atoms with Crippen molar-refractivity contribution in [1.82, 2.24) is 4.57 Å². The topological polar surface area (TPSA) is 105 Å². The summed E-state index contributed by atoms with van der Waals surface area (Å²) in [7, 11) is 0. The Balaban J connectivity index is 1.83. The predicted molar refractivity (Wildman–Crippen MR) is 165 cm³/mol. The Bertz CT molecular complexity index is 1680. The lowest BCUT2D eigenvalue weighted by molar-refractivity contribution is -0.140. The Labute approximate surface area is 255 Å². The van der Waals surface area contributed by atoms with Crippen LogP contribution in [0, 0.1) is 5.92 Å². The zero-order chi connectivity index (χ0) is 31.1. The van der Waals surface area contributed by atoms with Crippen molar-refractivity contribution < 1.29 is 28.5 Å². The number of hydrogen-bond acceptors (Lipinski definition) is 9. The number of nitrogens with zero attached hydrogens (tertiary/aromatic N) is 2. The number of benzene rings is 2. The van der Waals surface area contributed by atoms with Gasteiger partial charge in [0.2, 0.25) is 0 Å². The second-order valence-corrected chi connectivity index (χ2v) is 11.6. The molecule has 0 N–H and O–H groups in total. The number of carbonyl (C=O) groups is 2. The molecule has 0 saturated heterocycles. The number of unbranched alkanes of at least 4 members (excludes halogenated alkanes) is 1. The number of ether oxygens (including phenoxy) is 4. The van der Waals surface area contributed by atoms with E-state index in [1.54, 1.807) is 25.1 Å². The summed E-state index contributed by atoms with van der Waals surface area (Å²) >= 11 is 1.25. The smallest absolute Gasteiger partial charge is 0.338 e. The lowest BCUT2D eigenvalue weighted by Crippen LogP contribution is -2.40. The van der Waals surface area contributed by atoms with Gasteiger partial charge in [0.15, 0.2) is 16.3 Å². The van der Waals surface area contributed by atoms with Crippen LogP contribution in [-0.4, -0.2) is 36.3 Å². The summed E-state index contributed by atoms with van der Waals surface area (Å²) in [6, 6.07) is 11.7. The molecular formula is C33H38N2O7S. The molecule has 0 bridgehead atoms. The molecule has 2 aromatic carbocycles. The number of fused-ring (bicyclic) bond motifs is 1. The Kier molecular flexibility index (Phi) is 10.6. The molecule has 1 unspecified atom stereocenters. The lowest BCUT2D eigenvalue weighted by Gasteiger charge is -2.25. The van der Waals surface area contributed by atoms with Crippen molar-refractivity contribution in [1.29, 1.82) is 0 Å². The average Bonchev–Trinajstić information content (AvgIpc) is 3.26. The standard InChI is InChI=1S/C33H38N2O7S/c1-7-9-16-40-25-13-10-23(11-14-25)17-28-31(37)35-30(24-12-15-26(42-22(6)36)27(18-24)39-8-2)29(21(5)34-33(35)43-28)32(38)41-19-20(3)4/h10-15,17-18,20,30H,7-9,16,19H2,1-6H3. The number of rotatable bonds is 12. The van der Waals surface area contributed by atoms with Crippen molar-refractivity contribution in [3.8, 4) is 17.2 Å². The summed E-state index contributed by atoms with van der Waals surface area (Å²) in [5.74, 6) is 0.432. The van der Waals surface area contributed by atoms with Gasteiger partial charge in [-0.1, -0.05) is 56.7 Å². The lowest BCUT2D eigenvalue weighted by atomic mass is 9.95. The summed E-state index contributed by atoms with van der Waals surface area (Å²) in [6.07, 6.45) is 3.84. The fourth-order valence-corrected chi connectivity index (χ4v) is 5.61. The molecule has 1 atom stereocenters. The van der Waals surface area contributed by atoms with Crippen LogP contribution < -0.4 is 29.1 Å². The first kappa shape index (κ1) is 31.7. The van der Waals surface area contributed by atoms with Gasteiger partial charge in [0.05, 0.1) is 41.7 Å². The maximum absolute atomic E-state index is 14.0. The van der Waals surface area contributed by atoms with Crippen LogP contribution in [-0.2, 0) is 14.3 Å². The quantitative estimate of drug-likeness (QED) is 0.163. The molecule has 228 valence electrons. The highest BCUT2D eigenvalue weighted by Crippen LogP contribution is 2.36. The van der Waals surface area contributed by atoms with Gasteiger partial charge in [0, 0.05) is 6.92 Å². The highest BCUT2D eigenvalue weighted by Gasteiger charge is 2.34. The molecule has 9 nitrogen and oxygen atoms in total. The Morgan fingerprint density at radius 3 is 2.47 bits per heavy atom. The summed E-state index contributed by atoms with van der Waals surface area (Å²) in [4.78, 5) is 44.3. The minimum Gasteiger partial charge on any atom is -0.494 e. The van der Waals surface area contributed by atoms with Gasteiger partial charge in [0.25, 0.3) is 5.56 Å². The molecule has 43 heavy (non-hydrogen) atoms. The van der Waals surface area contributed by atoms with Crippen LogP contribution in [0.1, 0.15) is 71.6 Å². The van der Waals surface area contributed by atoms with Crippen molar-refractivity contribution in [2.75, 3.05) is 19.8 Å². The molecule has 0 radical (unpaired) electrons. The van der Waals surface area contributed by atoms with E-state index in [4.69, 9.17) is 18.9 Å². The molecular weight excluding hydrogens is 568 g/mol. The molecule has 1 aliphatic heterocycles. The Hall–Kier alpha value is -4.18. The third-order valence-corrected chi connectivity index (χ3v) is 7.55. The first-order chi connectivity index (χ1) is 20.6. The van der Waals surface area contributed by atoms with Crippen molar-refractivity contribution >= 4 is 29.4 Å². The van der Waals surface area contributed by atoms with Gasteiger partial charge in [-0.15, -0.1) is 0 Å². The van der Waals surface area contributed by atoms with Gasteiger partial charge in [0.1, 0.15) is 5.75 Å². The SMILES string of the molecule is CCCCOc1ccc(C=c2sc3n(c2=O)C(c2ccc(OC(C)=O)c(OCC)c2)C(C(=O)OCC(C)C)=C(C)N=3)cc1. The molecule has 0 saturated carbocycles. The Morgan fingerprint density at radius 2 is 1.81 bits per heavy atom. The van der Waals surface area contributed by atoms with Crippen molar-refractivity contribution in [2.45, 2.75) is 60.4 Å². The summed E-state index contributed by atoms with van der Waals surface area (Å²) in [5.41, 5.74) is 1.85. The van der Waals surface area contributed by atoms with Crippen LogP contribution in [0.2, 0.25) is 0 Å². The van der Waals surface area contributed by atoms with Crippen LogP contribution in [0.3, 0.4) is 0 Å². The minimum absolute atomic E-state index is 0.125. The summed E-state index contributed by atoms with van der Waals surface area (Å²) in [6.45, 7) is 12.1. The highest BCUT2D eigenvalue weighted by molar-refractivity contribution is 7.07. The van der Waals surface area contributed by atoms with Crippen LogP contribution in [0.15, 0.2) is 63.5 Å². The van der Waals surface area contributed by atoms with E-state index in [9.17, 15) is 14.4 Å². The maximum atomic E-state index is 14.0. The number of esters is 2. The van der Waals surface area contributed by atoms with Crippen LogP contribution >= 0.6 is 11.3 Å². The van der Waals surface area contributed by atoms with Crippen molar-refractivity contribution in [2.24, 2.45) is 10.9 Å². The van der Waals surface area contributed by atoms with Gasteiger partial charge in [-0.25, -0.2) is 9.79 Å². The number of allylic oxidation sites excluding steroid dienone is 1. The van der Waals surface area contributed by atoms with E-state index in [-0.39, 0.29) is 29.4 Å². The maximum Gasteiger partial charge on any atom is 0.338 e. The largest absolute Gasteiger partial charge is 0.494 e. The molecule has 10 heteroatoms. The zero-order valence-electron chi connectivity index (χ0n) is 25.5. The first-order valence-electron chi connectivity index (χ1n) is 14.5. The Morgan fingerprint density at radius 1 is 1.07 bits per heavy atom. The van der Waals surface area contributed by atoms with Crippen LogP contribution in [0.5, 0.6) is 17.2 Å². The van der Waals surface area contributed by atoms with E-state index in [0.717, 1.165) is 24.2 Å². The molecule has 3 aromatic rings. The van der Waals surface area contributed by atoms with E-state index >= 15 is 0 Å². The third-order valence-electron chi connectivity index (χ3n) is 6.57. The van der Waals surface area contributed by atoms with Gasteiger partial charge in [-0.3, -0.25) is 14.2 Å². The molecule has 1 aliphatic rings. The molecule has 0 fully saturated rings. The third kappa shape index (κ3) is 7.62. The molecule has 0 spiro atoms. The predicted octanol–water partition coefficient (Wildman–Crippen LogP) is 4.94. The van der Waals surface area contributed by atoms with Gasteiger partial charge in [-0.2, -0.15) is 0 Å². The fourth-order valence-electron chi connectivity index (χ4n) is 4.57. The highest BCUT2D eigenvalue weighted by atomic mass is 32.1. The number of hydrogen-bond donors (Lipinski definition) is 0. The monoisotopic (exact) mass is 606 g/mol. The number of carbonyl (C=O) groups excluding carboxylic acids is 2. The van der Waals surface area contributed by atoms with E-state index in [0.29, 0.717) is 39.6 Å². The number of thiazole rings is 1. The van der Waals surface area contributed by atoms with Crippen LogP contribution in [0.25, 0.3) is 6.08 Å². The van der Waals surface area contributed by atoms with E-state index in [2.05, 4.69) is 11.9 Å². The molecule has 1 aromatic heterocycles. The zero-order valence-corrected chi connectivity index (χ0v) is 26.3. The molecule has 2 heterocycles. The van der Waals surface area contributed by atoms with Gasteiger partial charge < -0.3 is 18.9 Å².